The molecule has 1 aliphatic heterocycles. The van der Waals surface area contributed by atoms with E-state index in [9.17, 15) is 4.79 Å². The van der Waals surface area contributed by atoms with Crippen LogP contribution in [0.1, 0.15) is 47.0 Å². The second-order valence-electron chi connectivity index (χ2n) is 7.46. The molecule has 2 N–H and O–H groups in total. The van der Waals surface area contributed by atoms with Gasteiger partial charge in [-0.3, -0.25) is 4.90 Å². The number of nitrogens with two attached hydrogens (primary N) is 1. The largest absolute Gasteiger partial charge is 0.385 e. The average molecular weight is 261 g/mol. The Hall–Kier alpha value is -1.50. The van der Waals surface area contributed by atoms with Crippen molar-refractivity contribution in [2.75, 3.05) is 6.54 Å². The molecule has 1 saturated carbocycles. The highest BCUT2D eigenvalue weighted by atomic mass is 16.2. The molecule has 1 spiro atoms. The highest BCUT2D eigenvalue weighted by molar-refractivity contribution is 6.06. The summed E-state index contributed by atoms with van der Waals surface area (Å²) in [6.07, 6.45) is 8.16. The molecule has 104 valence electrons. The average Bonchev–Trinajstić information content (AvgIpc) is 2.38. The van der Waals surface area contributed by atoms with E-state index in [-0.39, 0.29) is 23.4 Å². The van der Waals surface area contributed by atoms with Crippen LogP contribution in [0.25, 0.3) is 0 Å². The van der Waals surface area contributed by atoms with Crippen LogP contribution >= 0.6 is 0 Å². The lowest BCUT2D eigenvalue weighted by molar-refractivity contribution is 0.0207. The summed E-state index contributed by atoms with van der Waals surface area (Å²) in [5.41, 5.74) is 5.85. The van der Waals surface area contributed by atoms with Crippen molar-refractivity contribution in [1.29, 1.82) is 0 Å². The lowest BCUT2D eigenvalue weighted by Gasteiger charge is -2.53. The zero-order valence-electron chi connectivity index (χ0n) is 12.3. The van der Waals surface area contributed by atoms with Gasteiger partial charge in [-0.05, 0) is 30.1 Å². The van der Waals surface area contributed by atoms with Gasteiger partial charge in [-0.15, -0.1) is 6.42 Å². The molecule has 2 aliphatic rings. The van der Waals surface area contributed by atoms with Crippen molar-refractivity contribution >= 4 is 11.9 Å². The molecule has 4 nitrogen and oxygen atoms in total. The monoisotopic (exact) mass is 261 g/mol. The maximum absolute atomic E-state index is 12.0. The molecule has 1 heterocycles. The molecule has 1 aliphatic carbocycles. The second-order valence-corrected chi connectivity index (χ2v) is 7.46. The summed E-state index contributed by atoms with van der Waals surface area (Å²) in [6.45, 7) is 9.16. The zero-order valence-corrected chi connectivity index (χ0v) is 12.3. The third-order valence-corrected chi connectivity index (χ3v) is 4.19. The number of hydrogen-bond donors (Lipinski definition) is 1. The predicted octanol–water partition coefficient (Wildman–Crippen LogP) is 2.39. The highest BCUT2D eigenvalue weighted by Crippen LogP contribution is 2.53. The number of terminal acetylenes is 1. The van der Waals surface area contributed by atoms with E-state index < -0.39 is 5.54 Å². The number of aliphatic imine (C=N–C) groups is 1. The van der Waals surface area contributed by atoms with Gasteiger partial charge in [0, 0.05) is 0 Å². The van der Waals surface area contributed by atoms with Crippen molar-refractivity contribution in [3.05, 3.63) is 0 Å². The first-order valence-electron chi connectivity index (χ1n) is 6.72. The minimum absolute atomic E-state index is 0.110. The van der Waals surface area contributed by atoms with Gasteiger partial charge in [-0.25, -0.2) is 4.79 Å². The summed E-state index contributed by atoms with van der Waals surface area (Å²) in [6, 6.07) is -0.288. The van der Waals surface area contributed by atoms with E-state index in [1.165, 1.54) is 0 Å². The van der Waals surface area contributed by atoms with Crippen LogP contribution in [0.3, 0.4) is 0 Å². The number of carbonyl (C=O) groups excluding carboxylic acids is 1. The van der Waals surface area contributed by atoms with E-state index in [1.54, 1.807) is 4.90 Å². The maximum Gasteiger partial charge on any atom is 0.346 e. The third kappa shape index (κ3) is 2.22. The van der Waals surface area contributed by atoms with E-state index >= 15 is 0 Å². The first kappa shape index (κ1) is 13.9. The van der Waals surface area contributed by atoms with Gasteiger partial charge in [0.25, 0.3) is 0 Å². The fraction of sp³-hybridized carbons (Fsp3) is 0.733. The molecule has 0 aromatic heterocycles. The minimum atomic E-state index is -0.491. The fourth-order valence-electron chi connectivity index (χ4n) is 4.34. The summed E-state index contributed by atoms with van der Waals surface area (Å²) in [4.78, 5) is 17.7. The van der Waals surface area contributed by atoms with Crippen LogP contribution in [-0.4, -0.2) is 28.9 Å². The van der Waals surface area contributed by atoms with Gasteiger partial charge >= 0.3 is 6.03 Å². The molecule has 0 radical (unpaired) electrons. The smallest absolute Gasteiger partial charge is 0.346 e. The Bertz CT molecular complexity index is 466. The van der Waals surface area contributed by atoms with Crippen LogP contribution < -0.4 is 5.73 Å². The Morgan fingerprint density at radius 1 is 1.26 bits per heavy atom. The first-order valence-corrected chi connectivity index (χ1v) is 6.72. The Morgan fingerprint density at radius 3 is 2.26 bits per heavy atom. The summed E-state index contributed by atoms with van der Waals surface area (Å²) in [5.74, 6) is 3.00. The summed E-state index contributed by atoms with van der Waals surface area (Å²) >= 11 is 0. The lowest BCUT2D eigenvalue weighted by Crippen LogP contribution is -2.61. The van der Waals surface area contributed by atoms with Crippen LogP contribution in [-0.2, 0) is 0 Å². The van der Waals surface area contributed by atoms with Crippen LogP contribution in [0.15, 0.2) is 4.99 Å². The number of amides is 2. The normalized spacial score (nSPS) is 27.2. The molecule has 2 amide bonds. The predicted molar refractivity (Wildman–Crippen MR) is 76.7 cm³/mol. The fourth-order valence-corrected chi connectivity index (χ4v) is 4.34. The number of urea groups is 1. The zero-order chi connectivity index (χ0) is 14.5. The van der Waals surface area contributed by atoms with Crippen molar-refractivity contribution in [2.45, 2.75) is 52.5 Å². The van der Waals surface area contributed by atoms with Crippen molar-refractivity contribution in [2.24, 2.45) is 21.6 Å². The molecule has 0 saturated heterocycles. The van der Waals surface area contributed by atoms with E-state index in [4.69, 9.17) is 12.2 Å². The summed E-state index contributed by atoms with van der Waals surface area (Å²) in [5, 5.41) is 0. The highest BCUT2D eigenvalue weighted by Gasteiger charge is 2.56. The number of nitrogens with zero attached hydrogens (tertiary/aromatic N) is 2. The molecule has 0 aromatic rings. The second kappa shape index (κ2) is 4.00. The summed E-state index contributed by atoms with van der Waals surface area (Å²) < 4.78 is 0. The molecule has 2 rings (SSSR count). The van der Waals surface area contributed by atoms with Crippen LogP contribution in [0, 0.1) is 23.2 Å². The van der Waals surface area contributed by atoms with E-state index in [2.05, 4.69) is 38.6 Å². The molecule has 0 aromatic carbocycles. The minimum Gasteiger partial charge on any atom is -0.385 e. The third-order valence-electron chi connectivity index (χ3n) is 4.19. The summed E-state index contributed by atoms with van der Waals surface area (Å²) in [7, 11) is 0. The van der Waals surface area contributed by atoms with Gasteiger partial charge in [-0.1, -0.05) is 33.6 Å². The van der Waals surface area contributed by atoms with Gasteiger partial charge in [0.1, 0.15) is 11.4 Å². The van der Waals surface area contributed by atoms with Crippen LogP contribution in [0.5, 0.6) is 0 Å². The Kier molecular flexibility index (Phi) is 2.93. The van der Waals surface area contributed by atoms with Gasteiger partial charge in [0.2, 0.25) is 0 Å². The van der Waals surface area contributed by atoms with Crippen molar-refractivity contribution < 1.29 is 4.79 Å². The first-order chi connectivity index (χ1) is 8.62. The number of amidine groups is 1. The molecule has 19 heavy (non-hydrogen) atoms. The van der Waals surface area contributed by atoms with Crippen LogP contribution in [0.4, 0.5) is 4.79 Å². The topological polar surface area (TPSA) is 58.7 Å². The quantitative estimate of drug-likeness (QED) is 0.737. The molecule has 0 bridgehead atoms. The molecular formula is C15H23N3O. The van der Waals surface area contributed by atoms with E-state index in [0.29, 0.717) is 5.84 Å². The molecule has 1 fully saturated rings. The lowest BCUT2D eigenvalue weighted by atomic mass is 9.58. The van der Waals surface area contributed by atoms with E-state index in [0.717, 1.165) is 19.3 Å². The van der Waals surface area contributed by atoms with Crippen molar-refractivity contribution in [3.8, 4) is 12.3 Å². The molecule has 0 unspecified atom stereocenters. The SMILES string of the molecule is C#CCN1C(=O)N=C(N)C12CC(C)(C)CC(C)(C)C2. The van der Waals surface area contributed by atoms with Gasteiger partial charge < -0.3 is 5.73 Å². The van der Waals surface area contributed by atoms with E-state index in [1.807, 2.05) is 0 Å². The Balaban J connectivity index is 2.47. The van der Waals surface area contributed by atoms with Crippen molar-refractivity contribution in [3.63, 3.8) is 0 Å². The number of carbonyl (C=O) groups is 1. The Labute approximate surface area is 115 Å². The molecule has 0 atom stereocenters. The standard InChI is InChI=1S/C15H23N3O/c1-6-7-18-12(19)17-11(16)15(18)9-13(2,3)8-14(4,5)10-15/h1H,7-10H2,2-5H3,(H2,16,17,19). The van der Waals surface area contributed by atoms with Crippen molar-refractivity contribution in [1.82, 2.24) is 4.90 Å². The van der Waals surface area contributed by atoms with Gasteiger partial charge in [0.05, 0.1) is 6.54 Å². The van der Waals surface area contributed by atoms with Gasteiger partial charge in [-0.2, -0.15) is 4.99 Å². The molecular weight excluding hydrogens is 238 g/mol. The number of hydrogen-bond acceptors (Lipinski definition) is 2. The van der Waals surface area contributed by atoms with Gasteiger partial charge in [0.15, 0.2) is 0 Å². The van der Waals surface area contributed by atoms with Crippen LogP contribution in [0.2, 0.25) is 0 Å². The molecule has 4 heteroatoms. The Morgan fingerprint density at radius 2 is 1.79 bits per heavy atom. The maximum atomic E-state index is 12.0. The number of rotatable bonds is 1.